The van der Waals surface area contributed by atoms with Crippen LogP contribution in [0.2, 0.25) is 0 Å². The summed E-state index contributed by atoms with van der Waals surface area (Å²) >= 11 is 1.40. The van der Waals surface area contributed by atoms with Crippen LogP contribution in [0.5, 0.6) is 0 Å². The molecule has 0 atom stereocenters. The number of carbonyl (C=O) groups is 1. The third-order valence-electron chi connectivity index (χ3n) is 11.7. The Kier molecular flexibility index (Phi) is 24.8. The van der Waals surface area contributed by atoms with Gasteiger partial charge in [0.05, 0.1) is 23.8 Å². The summed E-state index contributed by atoms with van der Waals surface area (Å²) in [6.07, 6.45) is 23.1. The maximum Gasteiger partial charge on any atom is 0.549 e. The van der Waals surface area contributed by atoms with Gasteiger partial charge < -0.3 is 10.0 Å². The van der Waals surface area contributed by atoms with E-state index in [2.05, 4.69) is 171 Å². The van der Waals surface area contributed by atoms with Crippen LogP contribution in [0, 0.1) is 60.2 Å². The molecule has 0 amide bonds. The monoisotopic (exact) mass is 1140 g/mol. The third-order valence-corrected chi connectivity index (χ3v) is 18.0. The Morgan fingerprint density at radius 3 is 1.46 bits per heavy atom. The second kappa shape index (κ2) is 29.6. The number of fused-ring (bicyclic) bond motifs is 3. The largest absolute Gasteiger partial charge is 0.561 e. The number of rotatable bonds is 8. The van der Waals surface area contributed by atoms with Crippen LogP contribution in [0.3, 0.4) is 0 Å². The van der Waals surface area contributed by atoms with E-state index in [0.29, 0.717) is 27.0 Å². The number of thiophene rings is 1. The molecule has 0 fully saturated rings. The van der Waals surface area contributed by atoms with E-state index >= 15 is 0 Å². The molecule has 1 aliphatic rings. The van der Waals surface area contributed by atoms with Crippen molar-refractivity contribution in [2.75, 3.05) is 51.1 Å². The van der Waals surface area contributed by atoms with Crippen LogP contribution in [0.15, 0.2) is 121 Å². The number of nitrogens with one attached hydrogen (secondary N) is 1. The minimum Gasteiger partial charge on any atom is -0.561 e. The summed E-state index contributed by atoms with van der Waals surface area (Å²) in [7, 11) is 5.10. The maximum atomic E-state index is 10.8. The molecule has 0 bridgehead atoms. The van der Waals surface area contributed by atoms with Crippen molar-refractivity contribution in [3.05, 3.63) is 194 Å². The normalized spacial score (nSPS) is 10.9. The molecule has 7 heteroatoms. The van der Waals surface area contributed by atoms with Crippen LogP contribution < -0.4 is 4.90 Å². The van der Waals surface area contributed by atoms with Gasteiger partial charge in [0.15, 0.2) is 0 Å². The van der Waals surface area contributed by atoms with E-state index < -0.39 is 5.97 Å². The van der Waals surface area contributed by atoms with Gasteiger partial charge in [0, 0.05) is 76.8 Å². The average molecular weight is 1150 g/mol. The molecule has 0 saturated heterocycles. The molecule has 1 heterocycles. The van der Waals surface area contributed by atoms with Gasteiger partial charge in [0.2, 0.25) is 0 Å². The number of hydrogen-bond donors (Lipinski definition) is 1. The fourth-order valence-electron chi connectivity index (χ4n) is 7.45. The number of hydrogen-bond acceptors (Lipinski definition) is 2. The zero-order valence-corrected chi connectivity index (χ0v) is 46.7. The molecular weight excluding hydrogens is 1080 g/mol. The van der Waals surface area contributed by atoms with E-state index in [0.717, 1.165) is 37.6 Å². The zero-order chi connectivity index (χ0) is 49.6. The zero-order valence-electron chi connectivity index (χ0n) is 41.8. The molecule has 3 N–H and O–H groups in total. The predicted octanol–water partition coefficient (Wildman–Crippen LogP) is 12.5. The molecule has 0 unspecified atom stereocenters. The molecule has 1 aliphatic carbocycles. The second-order valence-corrected chi connectivity index (χ2v) is 24.2. The molecule has 5 aromatic carbocycles. The van der Waals surface area contributed by atoms with Gasteiger partial charge in [-0.25, -0.2) is 0 Å². The van der Waals surface area contributed by atoms with Gasteiger partial charge in [0.25, 0.3) is 0 Å². The second-order valence-electron chi connectivity index (χ2n) is 16.6. The van der Waals surface area contributed by atoms with Crippen LogP contribution in [0.1, 0.15) is 120 Å². The van der Waals surface area contributed by atoms with Gasteiger partial charge in [-0.1, -0.05) is 127 Å². The first-order chi connectivity index (χ1) is 32.7. The van der Waals surface area contributed by atoms with Gasteiger partial charge in [0.1, 0.15) is 11.3 Å². The van der Waals surface area contributed by atoms with Gasteiger partial charge in [-0.2, -0.15) is 0 Å². The summed E-state index contributed by atoms with van der Waals surface area (Å²) in [4.78, 5) is 13.7. The number of benzene rings is 5. The van der Waals surface area contributed by atoms with Crippen molar-refractivity contribution in [2.24, 2.45) is 0 Å². The molecule has 2 radical (unpaired) electrons. The van der Waals surface area contributed by atoms with E-state index in [9.17, 15) is 4.79 Å². The summed E-state index contributed by atoms with van der Waals surface area (Å²) in [6.45, 7) is 18.3. The molecule has 1 aromatic heterocycles. The molecule has 69 heavy (non-hydrogen) atoms. The standard InChI is InChI=1S/C35H26N.C15H7O2S.2C6H15P.Pt/c1-6-25-21-28(13-11-26-15-18-30(19-16-26)36(4)5)23-29(22-25)14-12-27-17-20-32-31-9-7-8-10-33(31)35(2,3)34(32)24-27;1-2-13-9-10-14(18-13)8-5-11-3-6-12(7-4-11)15(16)17;2*1-4-7(5-2)6-3;/h7-10,15-24H,2-5H3;3-4,6-7,9-10H,(H,16,17);2*4-6H2,1-3H3;/p+2. The van der Waals surface area contributed by atoms with Crippen molar-refractivity contribution in [1.29, 1.82) is 0 Å². The summed E-state index contributed by atoms with van der Waals surface area (Å²) in [5, 5.41) is 6.95. The van der Waals surface area contributed by atoms with Gasteiger partial charge in [-0.05, 0) is 157 Å². The number of carbonyl (C=O) groups excluding carboxylic acids is 1. The van der Waals surface area contributed by atoms with E-state index in [1.165, 1.54) is 81.1 Å². The molecule has 0 spiro atoms. The molecule has 0 saturated carbocycles. The molecule has 3 nitrogen and oxygen atoms in total. The number of quaternary nitrogens is 1. The Labute approximate surface area is 436 Å². The summed E-state index contributed by atoms with van der Waals surface area (Å²) in [5.41, 5.74) is 11.8. The molecular formula is C62H65NO2P2PtS+2. The van der Waals surface area contributed by atoms with E-state index in [1.54, 1.807) is 30.3 Å². The van der Waals surface area contributed by atoms with Crippen molar-refractivity contribution in [3.8, 4) is 58.5 Å². The maximum absolute atomic E-state index is 10.8. The Hall–Kier alpha value is -5.42. The topological polar surface area (TPSA) is 44.4 Å². The summed E-state index contributed by atoms with van der Waals surface area (Å²) < 4.78 is 0. The van der Waals surface area contributed by atoms with Crippen LogP contribution in [0.25, 0.3) is 11.1 Å². The van der Waals surface area contributed by atoms with Gasteiger partial charge in [-0.3, -0.25) is 0 Å². The van der Waals surface area contributed by atoms with Gasteiger partial charge in [-0.15, -0.1) is 27.2 Å². The van der Waals surface area contributed by atoms with Crippen LogP contribution >= 0.6 is 27.2 Å². The third kappa shape index (κ3) is 17.5. The van der Waals surface area contributed by atoms with Crippen LogP contribution in [-0.2, 0) is 26.5 Å². The fraction of sp³-hybridized carbons (Fsp3) is 0.274. The molecule has 354 valence electrons. The van der Waals surface area contributed by atoms with Crippen molar-refractivity contribution in [3.63, 3.8) is 0 Å². The van der Waals surface area contributed by atoms with E-state index in [4.69, 9.17) is 18.0 Å². The van der Waals surface area contributed by atoms with Crippen LogP contribution in [-0.4, -0.2) is 62.1 Å². The van der Waals surface area contributed by atoms with Crippen molar-refractivity contribution in [2.45, 2.75) is 60.8 Å². The molecule has 0 aliphatic heterocycles. The summed E-state index contributed by atoms with van der Waals surface area (Å²) in [5.74, 6) is 23.1. The Morgan fingerprint density at radius 2 is 0.986 bits per heavy atom. The van der Waals surface area contributed by atoms with E-state index in [-0.39, 0.29) is 26.5 Å². The Balaban J connectivity index is 0.000000316. The van der Waals surface area contributed by atoms with E-state index in [1.807, 2.05) is 36.4 Å². The first kappa shape index (κ1) is 57.9. The first-order valence-corrected chi connectivity index (χ1v) is 28.0. The van der Waals surface area contributed by atoms with Crippen molar-refractivity contribution in [1.82, 2.24) is 0 Å². The summed E-state index contributed by atoms with van der Waals surface area (Å²) in [6, 6.07) is 39.4. The van der Waals surface area contributed by atoms with Gasteiger partial charge >= 0.3 is 5.97 Å². The minimum absolute atomic E-state index is 0. The SMILES string of the molecule is CCP(CC)CC.CCP(CC)CC.[C]#Cc1cc(C#Cc2ccc([NH+](C)C)cc2)cc(C#Cc2ccc3c(c2)C(C)(C)c2ccccc2-3)c1.[C]#Cc1ccc(C#Cc2ccc(C(=O)[OH2+])cc2)s1.[Pt]. The van der Waals surface area contributed by atoms with Crippen molar-refractivity contribution < 1.29 is 35.9 Å². The van der Waals surface area contributed by atoms with Crippen LogP contribution in [0.4, 0.5) is 5.69 Å². The minimum atomic E-state index is -0.695. The fourth-order valence-corrected chi connectivity index (χ4v) is 10.8. The Morgan fingerprint density at radius 1 is 0.536 bits per heavy atom. The predicted molar refractivity (Wildman–Crippen MR) is 296 cm³/mol. The molecule has 7 rings (SSSR count). The quantitative estimate of drug-likeness (QED) is 0.0921. The molecule has 6 aromatic rings. The van der Waals surface area contributed by atoms with Crippen molar-refractivity contribution >= 4 is 38.8 Å². The average Bonchev–Trinajstić information content (AvgIpc) is 3.93. The smallest absolute Gasteiger partial charge is 0.549 e. The first-order valence-electron chi connectivity index (χ1n) is 23.4. The Bertz CT molecular complexity index is 2870.